The van der Waals surface area contributed by atoms with Gasteiger partial charge in [0.15, 0.2) is 0 Å². The number of amides is 1. The number of carbonyl (C=O) groups is 1. The van der Waals surface area contributed by atoms with Gasteiger partial charge in [-0.05, 0) is 44.4 Å². The topological polar surface area (TPSA) is 51.0 Å². The fraction of sp³-hybridized carbons (Fsp3) is 0.471. The van der Waals surface area contributed by atoms with Gasteiger partial charge in [0.25, 0.3) is 0 Å². The molecule has 0 aliphatic carbocycles. The number of likely N-dealkylation sites (tertiary alicyclic amines) is 1. The Balaban J connectivity index is 1.68. The maximum absolute atomic E-state index is 13.2. The fourth-order valence-corrected chi connectivity index (χ4v) is 3.20. The van der Waals surface area contributed by atoms with Crippen LogP contribution in [0.25, 0.3) is 0 Å². The SMILES string of the molecule is Cc1nc(C)n([C@@H]2CCCN(C(=O)Cc3cccc(F)c3)C2)n1. The second-order valence-corrected chi connectivity index (χ2v) is 6.09. The van der Waals surface area contributed by atoms with Gasteiger partial charge in [0.05, 0.1) is 12.5 Å². The molecule has 1 atom stereocenters. The van der Waals surface area contributed by atoms with Gasteiger partial charge in [-0.3, -0.25) is 4.79 Å². The largest absolute Gasteiger partial charge is 0.340 e. The van der Waals surface area contributed by atoms with Gasteiger partial charge in [-0.2, -0.15) is 5.10 Å². The highest BCUT2D eigenvalue weighted by molar-refractivity contribution is 5.78. The average Bonchev–Trinajstić information content (AvgIpc) is 2.86. The summed E-state index contributed by atoms with van der Waals surface area (Å²) in [7, 11) is 0. The number of piperidine rings is 1. The summed E-state index contributed by atoms with van der Waals surface area (Å²) in [6.07, 6.45) is 2.17. The van der Waals surface area contributed by atoms with Crippen molar-refractivity contribution < 1.29 is 9.18 Å². The van der Waals surface area contributed by atoms with Crippen LogP contribution in [-0.2, 0) is 11.2 Å². The van der Waals surface area contributed by atoms with Gasteiger partial charge >= 0.3 is 0 Å². The molecule has 1 fully saturated rings. The quantitative estimate of drug-likeness (QED) is 0.874. The van der Waals surface area contributed by atoms with Crippen LogP contribution in [0.5, 0.6) is 0 Å². The Hall–Kier alpha value is -2.24. The van der Waals surface area contributed by atoms with Gasteiger partial charge in [-0.1, -0.05) is 12.1 Å². The van der Waals surface area contributed by atoms with Crippen LogP contribution in [0.4, 0.5) is 4.39 Å². The fourth-order valence-electron chi connectivity index (χ4n) is 3.20. The first-order valence-electron chi connectivity index (χ1n) is 7.95. The van der Waals surface area contributed by atoms with Crippen molar-refractivity contribution >= 4 is 5.91 Å². The molecule has 1 aromatic heterocycles. The molecule has 5 nitrogen and oxygen atoms in total. The normalized spacial score (nSPS) is 18.2. The maximum atomic E-state index is 13.2. The summed E-state index contributed by atoms with van der Waals surface area (Å²) < 4.78 is 15.2. The number of halogens is 1. The minimum Gasteiger partial charge on any atom is -0.340 e. The van der Waals surface area contributed by atoms with Gasteiger partial charge < -0.3 is 4.90 Å². The van der Waals surface area contributed by atoms with Crippen LogP contribution in [0.1, 0.15) is 36.1 Å². The Morgan fingerprint density at radius 1 is 1.39 bits per heavy atom. The lowest BCUT2D eigenvalue weighted by Gasteiger charge is -2.33. The molecule has 23 heavy (non-hydrogen) atoms. The second kappa shape index (κ2) is 6.48. The van der Waals surface area contributed by atoms with Crippen LogP contribution >= 0.6 is 0 Å². The molecule has 1 aliphatic rings. The molecule has 0 bridgehead atoms. The van der Waals surface area contributed by atoms with Gasteiger partial charge in [0.1, 0.15) is 17.5 Å². The predicted octanol–water partition coefficient (Wildman–Crippen LogP) is 2.44. The molecule has 2 aromatic rings. The summed E-state index contributed by atoms with van der Waals surface area (Å²) in [5, 5.41) is 4.44. The molecule has 0 N–H and O–H groups in total. The number of hydrogen-bond donors (Lipinski definition) is 0. The van der Waals surface area contributed by atoms with Crippen LogP contribution in [0.3, 0.4) is 0 Å². The summed E-state index contributed by atoms with van der Waals surface area (Å²) >= 11 is 0. The van der Waals surface area contributed by atoms with Gasteiger partial charge in [-0.25, -0.2) is 14.1 Å². The number of carbonyl (C=O) groups excluding carboxylic acids is 1. The Bertz CT molecular complexity index is 712. The summed E-state index contributed by atoms with van der Waals surface area (Å²) in [6.45, 7) is 5.20. The van der Waals surface area contributed by atoms with Crippen molar-refractivity contribution in [1.82, 2.24) is 19.7 Å². The van der Waals surface area contributed by atoms with E-state index >= 15 is 0 Å². The predicted molar refractivity (Wildman–Crippen MR) is 84.5 cm³/mol. The third kappa shape index (κ3) is 3.57. The van der Waals surface area contributed by atoms with Crippen molar-refractivity contribution in [1.29, 1.82) is 0 Å². The van der Waals surface area contributed by atoms with Crippen LogP contribution in [0, 0.1) is 19.7 Å². The summed E-state index contributed by atoms with van der Waals surface area (Å²) in [5.41, 5.74) is 0.713. The van der Waals surface area contributed by atoms with Crippen molar-refractivity contribution in [3.05, 3.63) is 47.3 Å². The molecule has 0 saturated carbocycles. The van der Waals surface area contributed by atoms with Crippen molar-refractivity contribution in [2.75, 3.05) is 13.1 Å². The Labute approximate surface area is 135 Å². The molecule has 3 rings (SSSR count). The van der Waals surface area contributed by atoms with E-state index < -0.39 is 0 Å². The zero-order valence-corrected chi connectivity index (χ0v) is 13.5. The van der Waals surface area contributed by atoms with Gasteiger partial charge in [0.2, 0.25) is 5.91 Å². The first kappa shape index (κ1) is 15.6. The Morgan fingerprint density at radius 2 is 2.22 bits per heavy atom. The molecule has 0 spiro atoms. The average molecular weight is 316 g/mol. The monoisotopic (exact) mass is 316 g/mol. The molecule has 122 valence electrons. The van der Waals surface area contributed by atoms with E-state index in [4.69, 9.17) is 0 Å². The third-order valence-corrected chi connectivity index (χ3v) is 4.25. The van der Waals surface area contributed by atoms with E-state index in [0.29, 0.717) is 12.1 Å². The Kier molecular flexibility index (Phi) is 4.41. The molecule has 0 unspecified atom stereocenters. The van der Waals surface area contributed by atoms with E-state index in [2.05, 4.69) is 10.1 Å². The molecule has 0 radical (unpaired) electrons. The molecular weight excluding hydrogens is 295 g/mol. The van der Waals surface area contributed by atoms with Crippen molar-refractivity contribution in [2.24, 2.45) is 0 Å². The van der Waals surface area contributed by atoms with E-state index in [1.807, 2.05) is 23.4 Å². The lowest BCUT2D eigenvalue weighted by atomic mass is 10.0. The molecule has 1 saturated heterocycles. The molecule has 6 heteroatoms. The van der Waals surface area contributed by atoms with Crippen LogP contribution in [0.15, 0.2) is 24.3 Å². The zero-order valence-electron chi connectivity index (χ0n) is 13.5. The first-order chi connectivity index (χ1) is 11.0. The Morgan fingerprint density at radius 3 is 2.91 bits per heavy atom. The lowest BCUT2D eigenvalue weighted by Crippen LogP contribution is -2.41. The van der Waals surface area contributed by atoms with Gasteiger partial charge in [0, 0.05) is 13.1 Å². The van der Waals surface area contributed by atoms with E-state index in [9.17, 15) is 9.18 Å². The van der Waals surface area contributed by atoms with Crippen LogP contribution in [0.2, 0.25) is 0 Å². The summed E-state index contributed by atoms with van der Waals surface area (Å²) in [6, 6.07) is 6.40. The standard InChI is InChI=1S/C17H21FN4O/c1-12-19-13(2)22(20-12)16-7-4-8-21(11-16)17(23)10-14-5-3-6-15(18)9-14/h3,5-6,9,16H,4,7-8,10-11H2,1-2H3/t16-/m1/s1. The van der Waals surface area contributed by atoms with Crippen molar-refractivity contribution in [3.8, 4) is 0 Å². The third-order valence-electron chi connectivity index (χ3n) is 4.25. The lowest BCUT2D eigenvalue weighted by molar-refractivity contribution is -0.132. The molecule has 2 heterocycles. The van der Waals surface area contributed by atoms with Gasteiger partial charge in [-0.15, -0.1) is 0 Å². The zero-order chi connectivity index (χ0) is 16.4. The molecule has 1 aromatic carbocycles. The minimum absolute atomic E-state index is 0.0368. The highest BCUT2D eigenvalue weighted by Crippen LogP contribution is 2.22. The summed E-state index contributed by atoms with van der Waals surface area (Å²) in [5.74, 6) is 1.37. The number of hydrogen-bond acceptors (Lipinski definition) is 3. The van der Waals surface area contributed by atoms with E-state index in [-0.39, 0.29) is 24.2 Å². The van der Waals surface area contributed by atoms with Crippen LogP contribution < -0.4 is 0 Å². The maximum Gasteiger partial charge on any atom is 0.227 e. The highest BCUT2D eigenvalue weighted by atomic mass is 19.1. The first-order valence-corrected chi connectivity index (χ1v) is 7.95. The second-order valence-electron chi connectivity index (χ2n) is 6.09. The summed E-state index contributed by atoms with van der Waals surface area (Å²) in [4.78, 5) is 18.7. The van der Waals surface area contributed by atoms with E-state index in [0.717, 1.165) is 31.0 Å². The number of benzene rings is 1. The number of aromatic nitrogens is 3. The molecule has 1 aliphatic heterocycles. The minimum atomic E-state index is -0.305. The number of aryl methyl sites for hydroxylation is 2. The molecular formula is C17H21FN4O. The number of nitrogens with zero attached hydrogens (tertiary/aromatic N) is 4. The highest BCUT2D eigenvalue weighted by Gasteiger charge is 2.26. The van der Waals surface area contributed by atoms with E-state index in [1.54, 1.807) is 12.1 Å². The smallest absolute Gasteiger partial charge is 0.227 e. The van der Waals surface area contributed by atoms with E-state index in [1.165, 1.54) is 12.1 Å². The molecule has 1 amide bonds. The number of rotatable bonds is 3. The van der Waals surface area contributed by atoms with Crippen molar-refractivity contribution in [3.63, 3.8) is 0 Å². The van der Waals surface area contributed by atoms with Crippen LogP contribution in [-0.4, -0.2) is 38.7 Å². The van der Waals surface area contributed by atoms with Crippen molar-refractivity contribution in [2.45, 2.75) is 39.2 Å².